The van der Waals surface area contributed by atoms with E-state index in [1.165, 1.54) is 0 Å². The number of sulfonamides is 1. The van der Waals surface area contributed by atoms with Crippen molar-refractivity contribution in [2.75, 3.05) is 13.1 Å². The average molecular weight is 295 g/mol. The van der Waals surface area contributed by atoms with E-state index in [0.29, 0.717) is 6.42 Å². The van der Waals surface area contributed by atoms with Crippen LogP contribution in [0.1, 0.15) is 12.0 Å². The summed E-state index contributed by atoms with van der Waals surface area (Å²) >= 11 is 0. The summed E-state index contributed by atoms with van der Waals surface area (Å²) in [6.45, 7) is 0.147. The van der Waals surface area contributed by atoms with E-state index in [4.69, 9.17) is 0 Å². The van der Waals surface area contributed by atoms with Gasteiger partial charge in [-0.1, -0.05) is 0 Å². The minimum atomic E-state index is -4.49. The van der Waals surface area contributed by atoms with Gasteiger partial charge in [0.05, 0.1) is 16.6 Å². The second-order valence-electron chi connectivity index (χ2n) is 4.33. The van der Waals surface area contributed by atoms with Crippen molar-refractivity contribution < 1.29 is 26.7 Å². The third-order valence-corrected chi connectivity index (χ3v) is 4.82. The molecule has 1 aromatic carbocycles. The molecule has 106 valence electrons. The van der Waals surface area contributed by atoms with Crippen LogP contribution in [0.2, 0.25) is 0 Å². The maximum Gasteiger partial charge on any atom is 0.416 e. The second kappa shape index (κ2) is 4.77. The van der Waals surface area contributed by atoms with Gasteiger partial charge >= 0.3 is 6.18 Å². The predicted molar refractivity (Wildman–Crippen MR) is 60.8 cm³/mol. The van der Waals surface area contributed by atoms with Crippen molar-refractivity contribution in [1.82, 2.24) is 4.31 Å². The summed E-state index contributed by atoms with van der Waals surface area (Å²) < 4.78 is 62.3. The highest BCUT2D eigenvalue weighted by Crippen LogP contribution is 2.30. The molecule has 8 heteroatoms. The Kier molecular flexibility index (Phi) is 3.59. The molecule has 0 saturated carbocycles. The zero-order valence-electron chi connectivity index (χ0n) is 9.76. The molecule has 1 heterocycles. The van der Waals surface area contributed by atoms with Gasteiger partial charge in [0, 0.05) is 13.1 Å². The Morgan fingerprint density at radius 1 is 1.21 bits per heavy atom. The van der Waals surface area contributed by atoms with Crippen molar-refractivity contribution in [1.29, 1.82) is 0 Å². The number of benzene rings is 1. The summed E-state index contributed by atoms with van der Waals surface area (Å²) in [6, 6.07) is 3.34. The van der Waals surface area contributed by atoms with Crippen LogP contribution in [0.15, 0.2) is 29.2 Å². The van der Waals surface area contributed by atoms with Crippen molar-refractivity contribution in [3.63, 3.8) is 0 Å². The summed E-state index contributed by atoms with van der Waals surface area (Å²) in [6.07, 6.45) is -4.88. The van der Waals surface area contributed by atoms with E-state index in [-0.39, 0.29) is 18.0 Å². The first-order valence-electron chi connectivity index (χ1n) is 5.57. The first kappa shape index (κ1) is 14.3. The summed E-state index contributed by atoms with van der Waals surface area (Å²) in [7, 11) is -3.83. The molecule has 19 heavy (non-hydrogen) atoms. The van der Waals surface area contributed by atoms with Crippen LogP contribution in [0.4, 0.5) is 13.2 Å². The van der Waals surface area contributed by atoms with E-state index in [9.17, 15) is 26.7 Å². The number of nitrogens with zero attached hydrogens (tertiary/aromatic N) is 1. The van der Waals surface area contributed by atoms with Crippen LogP contribution in [0.5, 0.6) is 0 Å². The highest BCUT2D eigenvalue weighted by atomic mass is 32.2. The maximum atomic E-state index is 12.4. The highest BCUT2D eigenvalue weighted by molar-refractivity contribution is 7.89. The fourth-order valence-electron chi connectivity index (χ4n) is 1.89. The SMILES string of the molecule is O=S(=O)(c1ccc(C(F)(F)F)cc1)N1CC[C@@H](O)C1. The third kappa shape index (κ3) is 2.90. The first-order chi connectivity index (χ1) is 8.71. The smallest absolute Gasteiger partial charge is 0.392 e. The fourth-order valence-corrected chi connectivity index (χ4v) is 3.39. The summed E-state index contributed by atoms with van der Waals surface area (Å²) in [5.41, 5.74) is -0.895. The molecule has 1 N–H and O–H groups in total. The molecule has 1 fully saturated rings. The van der Waals surface area contributed by atoms with Crippen molar-refractivity contribution in [3.05, 3.63) is 29.8 Å². The normalized spacial score (nSPS) is 21.8. The number of alkyl halides is 3. The van der Waals surface area contributed by atoms with E-state index >= 15 is 0 Å². The van der Waals surface area contributed by atoms with Gasteiger partial charge in [-0.15, -0.1) is 0 Å². The Balaban J connectivity index is 2.27. The largest absolute Gasteiger partial charge is 0.416 e. The lowest BCUT2D eigenvalue weighted by Gasteiger charge is -2.16. The van der Waals surface area contributed by atoms with Crippen LogP contribution in [-0.4, -0.2) is 37.0 Å². The molecule has 0 aromatic heterocycles. The molecule has 4 nitrogen and oxygen atoms in total. The number of halogens is 3. The van der Waals surface area contributed by atoms with Crippen molar-refractivity contribution in [3.8, 4) is 0 Å². The number of β-amino-alcohol motifs (C(OH)–C–C–N with tert-alkyl or cyclic N) is 1. The Hall–Kier alpha value is -1.12. The zero-order valence-corrected chi connectivity index (χ0v) is 10.6. The van der Waals surface area contributed by atoms with Gasteiger partial charge in [-0.25, -0.2) is 8.42 Å². The van der Waals surface area contributed by atoms with Gasteiger partial charge in [0.15, 0.2) is 0 Å². The minimum absolute atomic E-state index is 0.0244. The third-order valence-electron chi connectivity index (χ3n) is 2.95. The van der Waals surface area contributed by atoms with E-state index < -0.39 is 27.9 Å². The summed E-state index contributed by atoms with van der Waals surface area (Å²) in [4.78, 5) is -0.199. The lowest BCUT2D eigenvalue weighted by Crippen LogP contribution is -2.29. The van der Waals surface area contributed by atoms with Gasteiger partial charge in [-0.05, 0) is 30.7 Å². The Labute approximate surface area is 108 Å². The number of rotatable bonds is 2. The molecule has 0 radical (unpaired) electrons. The molecule has 0 amide bonds. The van der Waals surface area contributed by atoms with Crippen LogP contribution in [0.25, 0.3) is 0 Å². The number of hydrogen-bond acceptors (Lipinski definition) is 3. The van der Waals surface area contributed by atoms with Gasteiger partial charge in [-0.3, -0.25) is 0 Å². The van der Waals surface area contributed by atoms with E-state index in [0.717, 1.165) is 28.6 Å². The first-order valence-corrected chi connectivity index (χ1v) is 7.01. The molecule has 0 bridgehead atoms. The lowest BCUT2D eigenvalue weighted by atomic mass is 10.2. The Morgan fingerprint density at radius 3 is 2.21 bits per heavy atom. The quantitative estimate of drug-likeness (QED) is 0.898. The van der Waals surface area contributed by atoms with Gasteiger partial charge < -0.3 is 5.11 Å². The second-order valence-corrected chi connectivity index (χ2v) is 6.27. The minimum Gasteiger partial charge on any atom is -0.392 e. The van der Waals surface area contributed by atoms with E-state index in [1.807, 2.05) is 0 Å². The zero-order chi connectivity index (χ0) is 14.3. The van der Waals surface area contributed by atoms with Gasteiger partial charge in [0.25, 0.3) is 0 Å². The van der Waals surface area contributed by atoms with E-state index in [1.54, 1.807) is 0 Å². The average Bonchev–Trinajstić information content (AvgIpc) is 2.76. The monoisotopic (exact) mass is 295 g/mol. The Morgan fingerprint density at radius 2 is 1.79 bits per heavy atom. The predicted octanol–water partition coefficient (Wildman–Crippen LogP) is 1.46. The van der Waals surface area contributed by atoms with Crippen molar-refractivity contribution >= 4 is 10.0 Å². The molecular formula is C11H12F3NO3S. The molecule has 2 rings (SSSR count). The fraction of sp³-hybridized carbons (Fsp3) is 0.455. The topological polar surface area (TPSA) is 57.6 Å². The Bertz CT molecular complexity index is 554. The maximum absolute atomic E-state index is 12.4. The number of aliphatic hydroxyl groups excluding tert-OH is 1. The standard InChI is InChI=1S/C11H12F3NO3S/c12-11(13,14)8-1-3-10(4-2-8)19(17,18)15-6-5-9(16)7-15/h1-4,9,16H,5-7H2/t9-/m1/s1. The number of aliphatic hydroxyl groups is 1. The van der Waals surface area contributed by atoms with Gasteiger partial charge in [0.2, 0.25) is 10.0 Å². The lowest BCUT2D eigenvalue weighted by molar-refractivity contribution is -0.137. The molecule has 0 spiro atoms. The van der Waals surface area contributed by atoms with Crippen LogP contribution >= 0.6 is 0 Å². The van der Waals surface area contributed by atoms with E-state index in [2.05, 4.69) is 0 Å². The summed E-state index contributed by atoms with van der Waals surface area (Å²) in [5, 5.41) is 9.31. The van der Waals surface area contributed by atoms with Crippen molar-refractivity contribution in [2.45, 2.75) is 23.6 Å². The highest BCUT2D eigenvalue weighted by Gasteiger charge is 2.33. The molecule has 1 aliphatic rings. The molecule has 1 atom stereocenters. The van der Waals surface area contributed by atoms with Crippen LogP contribution in [0, 0.1) is 0 Å². The molecule has 0 unspecified atom stereocenters. The van der Waals surface area contributed by atoms with Crippen LogP contribution in [0.3, 0.4) is 0 Å². The van der Waals surface area contributed by atoms with Crippen LogP contribution in [-0.2, 0) is 16.2 Å². The van der Waals surface area contributed by atoms with Gasteiger partial charge in [0.1, 0.15) is 0 Å². The van der Waals surface area contributed by atoms with Gasteiger partial charge in [-0.2, -0.15) is 17.5 Å². The molecule has 0 aliphatic carbocycles. The summed E-state index contributed by atoms with van der Waals surface area (Å²) in [5.74, 6) is 0. The molecule has 1 saturated heterocycles. The van der Waals surface area contributed by atoms with Crippen molar-refractivity contribution in [2.24, 2.45) is 0 Å². The molecule has 1 aromatic rings. The molecule has 1 aliphatic heterocycles. The molecular weight excluding hydrogens is 283 g/mol. The number of hydrogen-bond donors (Lipinski definition) is 1. The van der Waals surface area contributed by atoms with Crippen LogP contribution < -0.4 is 0 Å².